The third kappa shape index (κ3) is 1.57. The lowest BCUT2D eigenvalue weighted by Gasteiger charge is -2.07. The summed E-state index contributed by atoms with van der Waals surface area (Å²) in [6.45, 7) is 1.74. The van der Waals surface area contributed by atoms with Crippen molar-refractivity contribution in [3.63, 3.8) is 0 Å². The Labute approximate surface area is 105 Å². The van der Waals surface area contributed by atoms with Crippen LogP contribution in [0.2, 0.25) is 5.02 Å². The molecule has 5 heteroatoms. The summed E-state index contributed by atoms with van der Waals surface area (Å²) in [5.74, 6) is -0.413. The van der Waals surface area contributed by atoms with Gasteiger partial charge in [-0.15, -0.1) is 0 Å². The van der Waals surface area contributed by atoms with Crippen molar-refractivity contribution < 1.29 is 4.39 Å². The predicted molar refractivity (Wildman–Crippen MR) is 63.9 cm³/mol. The van der Waals surface area contributed by atoms with E-state index in [0.29, 0.717) is 16.5 Å². The average Bonchev–Trinajstić information content (AvgIpc) is 2.26. The zero-order chi connectivity index (χ0) is 11.9. The van der Waals surface area contributed by atoms with Crippen molar-refractivity contribution in [2.24, 2.45) is 0 Å². The first-order valence-corrected chi connectivity index (χ1v) is 5.56. The lowest BCUT2D eigenvalue weighted by molar-refractivity contribution is 0.622. The highest BCUT2D eigenvalue weighted by Crippen LogP contribution is 2.35. The van der Waals surface area contributed by atoms with Crippen molar-refractivity contribution >= 4 is 38.4 Å². The normalized spacial score (nSPS) is 10.4. The lowest BCUT2D eigenvalue weighted by Crippen LogP contribution is -1.92. The first kappa shape index (κ1) is 11.3. The molecule has 0 unspecified atom stereocenters. The van der Waals surface area contributed by atoms with Crippen molar-refractivity contribution in [3.05, 3.63) is 38.7 Å². The van der Waals surface area contributed by atoms with Crippen LogP contribution in [0.5, 0.6) is 0 Å². The van der Waals surface area contributed by atoms with Crippen LogP contribution in [-0.2, 0) is 0 Å². The van der Waals surface area contributed by atoms with Crippen LogP contribution in [0.1, 0.15) is 11.1 Å². The molecule has 1 aromatic carbocycles. The highest BCUT2D eigenvalue weighted by molar-refractivity contribution is 9.10. The van der Waals surface area contributed by atoms with Gasteiger partial charge >= 0.3 is 0 Å². The van der Waals surface area contributed by atoms with Crippen molar-refractivity contribution in [2.45, 2.75) is 6.92 Å². The summed E-state index contributed by atoms with van der Waals surface area (Å²) in [6, 6.07) is 3.29. The van der Waals surface area contributed by atoms with Crippen LogP contribution >= 0.6 is 27.5 Å². The van der Waals surface area contributed by atoms with E-state index in [-0.39, 0.29) is 15.1 Å². The number of hydrogen-bond acceptors (Lipinski definition) is 2. The molecule has 2 aromatic rings. The maximum absolute atomic E-state index is 13.5. The van der Waals surface area contributed by atoms with Gasteiger partial charge in [0.1, 0.15) is 11.9 Å². The SMILES string of the molecule is Cc1cc(F)c(Br)c2c(Cl)c(C#N)cnc12. The number of hydrogen-bond donors (Lipinski definition) is 0. The van der Waals surface area contributed by atoms with E-state index in [0.717, 1.165) is 0 Å². The monoisotopic (exact) mass is 298 g/mol. The van der Waals surface area contributed by atoms with E-state index in [9.17, 15) is 4.39 Å². The molecule has 0 saturated heterocycles. The van der Waals surface area contributed by atoms with Gasteiger partial charge in [-0.2, -0.15) is 5.26 Å². The highest BCUT2D eigenvalue weighted by atomic mass is 79.9. The Kier molecular flexibility index (Phi) is 2.83. The zero-order valence-electron chi connectivity index (χ0n) is 8.18. The fraction of sp³-hybridized carbons (Fsp3) is 0.0909. The van der Waals surface area contributed by atoms with Crippen LogP contribution in [0, 0.1) is 24.1 Å². The molecule has 1 aromatic heterocycles. The molecule has 0 aliphatic carbocycles. The number of benzene rings is 1. The number of rotatable bonds is 0. The van der Waals surface area contributed by atoms with Gasteiger partial charge in [-0.05, 0) is 34.5 Å². The Morgan fingerprint density at radius 2 is 2.25 bits per heavy atom. The summed E-state index contributed by atoms with van der Waals surface area (Å²) in [4.78, 5) is 4.11. The molecule has 1 heterocycles. The first-order chi connectivity index (χ1) is 7.56. The largest absolute Gasteiger partial charge is 0.254 e. The van der Waals surface area contributed by atoms with Crippen molar-refractivity contribution in [2.75, 3.05) is 0 Å². The summed E-state index contributed by atoms with van der Waals surface area (Å²) in [5.41, 5.74) is 1.51. The topological polar surface area (TPSA) is 36.7 Å². The molecule has 80 valence electrons. The maximum atomic E-state index is 13.5. The Morgan fingerprint density at radius 3 is 2.88 bits per heavy atom. The lowest BCUT2D eigenvalue weighted by atomic mass is 10.1. The summed E-state index contributed by atoms with van der Waals surface area (Å²) in [6.07, 6.45) is 1.39. The van der Waals surface area contributed by atoms with Gasteiger partial charge in [-0.25, -0.2) is 4.39 Å². The van der Waals surface area contributed by atoms with Crippen LogP contribution in [0.25, 0.3) is 10.9 Å². The van der Waals surface area contributed by atoms with E-state index < -0.39 is 5.82 Å². The highest BCUT2D eigenvalue weighted by Gasteiger charge is 2.14. The summed E-state index contributed by atoms with van der Waals surface area (Å²) < 4.78 is 13.7. The zero-order valence-corrected chi connectivity index (χ0v) is 10.5. The van der Waals surface area contributed by atoms with E-state index in [1.54, 1.807) is 6.92 Å². The quantitative estimate of drug-likeness (QED) is 0.738. The van der Waals surface area contributed by atoms with E-state index in [1.807, 2.05) is 6.07 Å². The van der Waals surface area contributed by atoms with E-state index >= 15 is 0 Å². The number of nitriles is 1. The fourth-order valence-electron chi connectivity index (χ4n) is 1.51. The molecule has 0 fully saturated rings. The predicted octanol–water partition coefficient (Wildman–Crippen LogP) is 3.97. The van der Waals surface area contributed by atoms with Crippen LogP contribution in [-0.4, -0.2) is 4.98 Å². The van der Waals surface area contributed by atoms with E-state index in [4.69, 9.17) is 16.9 Å². The van der Waals surface area contributed by atoms with Crippen LogP contribution < -0.4 is 0 Å². The van der Waals surface area contributed by atoms with Crippen molar-refractivity contribution in [1.29, 1.82) is 5.26 Å². The van der Waals surface area contributed by atoms with Gasteiger partial charge in [-0.1, -0.05) is 11.6 Å². The first-order valence-electron chi connectivity index (χ1n) is 4.39. The Hall–Kier alpha value is -1.18. The summed E-state index contributed by atoms with van der Waals surface area (Å²) in [5, 5.41) is 9.49. The molecule has 0 bridgehead atoms. The molecule has 0 N–H and O–H groups in total. The minimum Gasteiger partial charge on any atom is -0.254 e. The molecule has 0 spiro atoms. The molecule has 0 amide bonds. The third-order valence-electron chi connectivity index (χ3n) is 2.28. The van der Waals surface area contributed by atoms with Gasteiger partial charge in [0.15, 0.2) is 0 Å². The van der Waals surface area contributed by atoms with Crippen LogP contribution in [0.3, 0.4) is 0 Å². The number of aromatic nitrogens is 1. The summed E-state index contributed by atoms with van der Waals surface area (Å²) >= 11 is 9.15. The molecule has 0 saturated carbocycles. The van der Waals surface area contributed by atoms with E-state index in [1.165, 1.54) is 12.3 Å². The summed E-state index contributed by atoms with van der Waals surface area (Å²) in [7, 11) is 0. The average molecular weight is 300 g/mol. The Bertz CT molecular complexity index is 634. The Balaban J connectivity index is 3.04. The molecular formula is C11H5BrClFN2. The van der Waals surface area contributed by atoms with Crippen molar-refractivity contribution in [3.8, 4) is 6.07 Å². The molecule has 0 aliphatic rings. The second-order valence-corrected chi connectivity index (χ2v) is 4.48. The number of pyridine rings is 1. The second kappa shape index (κ2) is 4.00. The van der Waals surface area contributed by atoms with Gasteiger partial charge in [0.25, 0.3) is 0 Å². The van der Waals surface area contributed by atoms with E-state index in [2.05, 4.69) is 20.9 Å². The minimum atomic E-state index is -0.413. The third-order valence-corrected chi connectivity index (χ3v) is 3.45. The number of aryl methyl sites for hydroxylation is 1. The van der Waals surface area contributed by atoms with Gasteiger partial charge in [0.2, 0.25) is 0 Å². The fourth-order valence-corrected chi connectivity index (χ4v) is 2.40. The van der Waals surface area contributed by atoms with Gasteiger partial charge < -0.3 is 0 Å². The number of halogens is 3. The minimum absolute atomic E-state index is 0.224. The van der Waals surface area contributed by atoms with Crippen LogP contribution in [0.15, 0.2) is 16.7 Å². The molecule has 2 rings (SSSR count). The second-order valence-electron chi connectivity index (χ2n) is 3.31. The molecular weight excluding hydrogens is 294 g/mol. The van der Waals surface area contributed by atoms with Crippen molar-refractivity contribution in [1.82, 2.24) is 4.98 Å². The smallest absolute Gasteiger partial charge is 0.138 e. The molecule has 2 nitrogen and oxygen atoms in total. The standard InChI is InChI=1S/C11H5BrClFN2/c1-5-2-7(14)9(12)8-10(13)6(3-15)4-16-11(5)8/h2,4H,1H3. The number of nitrogens with zero attached hydrogens (tertiary/aromatic N) is 2. The molecule has 0 aliphatic heterocycles. The van der Waals surface area contributed by atoms with Gasteiger partial charge in [-0.3, -0.25) is 4.98 Å². The Morgan fingerprint density at radius 1 is 1.56 bits per heavy atom. The molecule has 0 radical (unpaired) electrons. The maximum Gasteiger partial charge on any atom is 0.138 e. The van der Waals surface area contributed by atoms with Gasteiger partial charge in [0.05, 0.1) is 20.6 Å². The van der Waals surface area contributed by atoms with Crippen LogP contribution in [0.4, 0.5) is 4.39 Å². The molecule has 0 atom stereocenters. The molecule has 16 heavy (non-hydrogen) atoms. The van der Waals surface area contributed by atoms with Gasteiger partial charge in [0, 0.05) is 11.6 Å². The number of fused-ring (bicyclic) bond motifs is 1.